The topological polar surface area (TPSA) is 72.2 Å². The van der Waals surface area contributed by atoms with Crippen molar-refractivity contribution >= 4 is 10.0 Å². The van der Waals surface area contributed by atoms with Crippen molar-refractivity contribution in [2.24, 2.45) is 17.0 Å². The zero-order valence-electron chi connectivity index (χ0n) is 12.2. The number of hydrogen-bond donors (Lipinski definition) is 2. The van der Waals surface area contributed by atoms with Crippen LogP contribution in [0.5, 0.6) is 0 Å². The Kier molecular flexibility index (Phi) is 4.83. The first-order chi connectivity index (χ1) is 9.38. The largest absolute Gasteiger partial charge is 0.309 e. The minimum atomic E-state index is -3.62. The van der Waals surface area contributed by atoms with E-state index in [0.717, 1.165) is 5.56 Å². The molecule has 1 aliphatic carbocycles. The van der Waals surface area contributed by atoms with Crippen molar-refractivity contribution < 1.29 is 8.42 Å². The predicted molar refractivity (Wildman–Crippen MR) is 80.6 cm³/mol. The fraction of sp³-hybridized carbons (Fsp3) is 0.600. The van der Waals surface area contributed by atoms with Gasteiger partial charge in [-0.25, -0.2) is 13.6 Å². The highest BCUT2D eigenvalue weighted by Gasteiger charge is 2.26. The molecule has 5 heteroatoms. The second-order valence-electron chi connectivity index (χ2n) is 5.98. The Labute approximate surface area is 121 Å². The zero-order valence-corrected chi connectivity index (χ0v) is 13.0. The van der Waals surface area contributed by atoms with Crippen molar-refractivity contribution in [3.63, 3.8) is 0 Å². The van der Waals surface area contributed by atoms with E-state index in [1.807, 2.05) is 6.07 Å². The lowest BCUT2D eigenvalue weighted by atomic mass is 9.78. The van der Waals surface area contributed by atoms with Crippen LogP contribution in [0.1, 0.15) is 38.7 Å². The van der Waals surface area contributed by atoms with Crippen LogP contribution in [-0.4, -0.2) is 14.5 Å². The molecule has 0 amide bonds. The molecule has 1 aromatic rings. The Bertz CT molecular complexity index is 547. The number of nitrogens with two attached hydrogens (primary N) is 1. The van der Waals surface area contributed by atoms with Gasteiger partial charge in [-0.15, -0.1) is 0 Å². The van der Waals surface area contributed by atoms with E-state index < -0.39 is 10.0 Å². The summed E-state index contributed by atoms with van der Waals surface area (Å²) >= 11 is 0. The van der Waals surface area contributed by atoms with Crippen LogP contribution in [0.3, 0.4) is 0 Å². The van der Waals surface area contributed by atoms with Gasteiger partial charge in [-0.1, -0.05) is 32.4 Å². The SMILES string of the molecule is CC1CCCC(C)C1NCc1cccc(S(N)(=O)=O)c1. The number of primary sulfonamides is 1. The summed E-state index contributed by atoms with van der Waals surface area (Å²) < 4.78 is 22.7. The maximum Gasteiger partial charge on any atom is 0.238 e. The molecule has 1 aliphatic rings. The highest BCUT2D eigenvalue weighted by atomic mass is 32.2. The molecule has 2 rings (SSSR count). The zero-order chi connectivity index (χ0) is 14.8. The first-order valence-corrected chi connectivity index (χ1v) is 8.77. The molecule has 1 fully saturated rings. The number of nitrogens with one attached hydrogen (secondary N) is 1. The first-order valence-electron chi connectivity index (χ1n) is 7.23. The quantitative estimate of drug-likeness (QED) is 0.895. The molecule has 2 unspecified atom stereocenters. The number of hydrogen-bond acceptors (Lipinski definition) is 3. The van der Waals surface area contributed by atoms with Crippen molar-refractivity contribution in [1.29, 1.82) is 0 Å². The predicted octanol–water partition coefficient (Wildman–Crippen LogP) is 2.25. The van der Waals surface area contributed by atoms with E-state index in [9.17, 15) is 8.42 Å². The summed E-state index contributed by atoms with van der Waals surface area (Å²) in [5.74, 6) is 1.33. The van der Waals surface area contributed by atoms with Gasteiger partial charge in [0.25, 0.3) is 0 Å². The molecule has 1 aromatic carbocycles. The fourth-order valence-corrected chi connectivity index (χ4v) is 3.74. The fourth-order valence-electron chi connectivity index (χ4n) is 3.15. The normalized spacial score (nSPS) is 27.4. The van der Waals surface area contributed by atoms with E-state index in [2.05, 4.69) is 19.2 Å². The summed E-state index contributed by atoms with van der Waals surface area (Å²) in [6.07, 6.45) is 3.83. The van der Waals surface area contributed by atoms with Gasteiger partial charge in [0.1, 0.15) is 0 Å². The third-order valence-corrected chi connectivity index (χ3v) is 5.22. The minimum absolute atomic E-state index is 0.182. The smallest absolute Gasteiger partial charge is 0.238 e. The monoisotopic (exact) mass is 296 g/mol. The molecule has 1 saturated carbocycles. The van der Waals surface area contributed by atoms with E-state index >= 15 is 0 Å². The van der Waals surface area contributed by atoms with Crippen molar-refractivity contribution in [1.82, 2.24) is 5.32 Å². The van der Waals surface area contributed by atoms with Crippen LogP contribution < -0.4 is 10.5 Å². The Balaban J connectivity index is 2.04. The molecule has 0 bridgehead atoms. The van der Waals surface area contributed by atoms with Gasteiger partial charge in [0, 0.05) is 12.6 Å². The third kappa shape index (κ3) is 3.81. The molecule has 112 valence electrons. The molecule has 0 heterocycles. The lowest BCUT2D eigenvalue weighted by molar-refractivity contribution is 0.207. The summed E-state index contributed by atoms with van der Waals surface area (Å²) in [4.78, 5) is 0.182. The van der Waals surface area contributed by atoms with E-state index in [1.165, 1.54) is 25.3 Å². The van der Waals surface area contributed by atoms with Gasteiger partial charge in [0.2, 0.25) is 10.0 Å². The van der Waals surface area contributed by atoms with Gasteiger partial charge in [0.05, 0.1) is 4.90 Å². The van der Waals surface area contributed by atoms with Crippen LogP contribution in [0.25, 0.3) is 0 Å². The van der Waals surface area contributed by atoms with Crippen LogP contribution in [0.4, 0.5) is 0 Å². The molecular weight excluding hydrogens is 272 g/mol. The summed E-state index contributed by atoms with van der Waals surface area (Å²) in [5, 5.41) is 8.74. The Morgan fingerprint density at radius 3 is 2.50 bits per heavy atom. The lowest BCUT2D eigenvalue weighted by Crippen LogP contribution is -2.42. The molecule has 0 saturated heterocycles. The molecule has 20 heavy (non-hydrogen) atoms. The van der Waals surface area contributed by atoms with Crippen molar-refractivity contribution in [2.75, 3.05) is 0 Å². The molecule has 3 N–H and O–H groups in total. The average Bonchev–Trinajstić information content (AvgIpc) is 2.37. The second-order valence-corrected chi connectivity index (χ2v) is 7.55. The van der Waals surface area contributed by atoms with Crippen LogP contribution in [0.15, 0.2) is 29.2 Å². The standard InChI is InChI=1S/C15H24N2O2S/c1-11-5-3-6-12(2)15(11)17-10-13-7-4-8-14(9-13)20(16,18)19/h4,7-9,11-12,15,17H,3,5-6,10H2,1-2H3,(H2,16,18,19). The average molecular weight is 296 g/mol. The Morgan fingerprint density at radius 2 is 1.90 bits per heavy atom. The van der Waals surface area contributed by atoms with Gasteiger partial charge in [-0.2, -0.15) is 0 Å². The maximum atomic E-state index is 11.4. The van der Waals surface area contributed by atoms with Crippen LogP contribution in [-0.2, 0) is 16.6 Å². The Morgan fingerprint density at radius 1 is 1.25 bits per heavy atom. The molecule has 0 aliphatic heterocycles. The van der Waals surface area contributed by atoms with Crippen molar-refractivity contribution in [3.8, 4) is 0 Å². The van der Waals surface area contributed by atoms with Crippen LogP contribution in [0.2, 0.25) is 0 Å². The van der Waals surface area contributed by atoms with E-state index in [0.29, 0.717) is 24.4 Å². The van der Waals surface area contributed by atoms with Gasteiger partial charge >= 0.3 is 0 Å². The molecule has 4 nitrogen and oxygen atoms in total. The number of sulfonamides is 1. The second kappa shape index (κ2) is 6.24. The number of rotatable bonds is 4. The highest BCUT2D eigenvalue weighted by molar-refractivity contribution is 7.89. The van der Waals surface area contributed by atoms with Gasteiger partial charge in [0.15, 0.2) is 0 Å². The molecule has 0 spiro atoms. The first kappa shape index (κ1) is 15.5. The lowest BCUT2D eigenvalue weighted by Gasteiger charge is -2.35. The summed E-state index contributed by atoms with van der Waals surface area (Å²) in [6, 6.07) is 7.36. The summed E-state index contributed by atoms with van der Waals surface area (Å²) in [7, 11) is -3.62. The van der Waals surface area contributed by atoms with Gasteiger partial charge < -0.3 is 5.32 Å². The molecule has 2 atom stereocenters. The maximum absolute atomic E-state index is 11.4. The highest BCUT2D eigenvalue weighted by Crippen LogP contribution is 2.29. The van der Waals surface area contributed by atoms with Crippen LogP contribution >= 0.6 is 0 Å². The van der Waals surface area contributed by atoms with Crippen molar-refractivity contribution in [2.45, 2.75) is 50.6 Å². The molecular formula is C15H24N2O2S. The van der Waals surface area contributed by atoms with E-state index in [4.69, 9.17) is 5.14 Å². The summed E-state index contributed by atoms with van der Waals surface area (Å²) in [5.41, 5.74) is 0.960. The van der Waals surface area contributed by atoms with Crippen molar-refractivity contribution in [3.05, 3.63) is 29.8 Å². The van der Waals surface area contributed by atoms with Crippen LogP contribution in [0, 0.1) is 11.8 Å². The third-order valence-electron chi connectivity index (χ3n) is 4.31. The molecule has 0 radical (unpaired) electrons. The summed E-state index contributed by atoms with van der Waals surface area (Å²) in [6.45, 7) is 5.25. The van der Waals surface area contributed by atoms with Gasteiger partial charge in [-0.05, 0) is 42.4 Å². The van der Waals surface area contributed by atoms with E-state index in [-0.39, 0.29) is 4.90 Å². The Hall–Kier alpha value is -0.910. The minimum Gasteiger partial charge on any atom is -0.309 e. The molecule has 0 aromatic heterocycles. The van der Waals surface area contributed by atoms with E-state index in [1.54, 1.807) is 12.1 Å². The number of benzene rings is 1. The van der Waals surface area contributed by atoms with Gasteiger partial charge in [-0.3, -0.25) is 0 Å².